The van der Waals surface area contributed by atoms with Crippen molar-refractivity contribution in [2.75, 3.05) is 0 Å². The highest BCUT2D eigenvalue weighted by atomic mass is 127. The Morgan fingerprint density at radius 3 is 2.86 bits per heavy atom. The minimum atomic E-state index is -1.02. The maximum absolute atomic E-state index is 14.4. The summed E-state index contributed by atoms with van der Waals surface area (Å²) in [5, 5.41) is -0.00394. The van der Waals surface area contributed by atoms with Crippen molar-refractivity contribution in [2.24, 2.45) is 0 Å². The van der Waals surface area contributed by atoms with E-state index in [9.17, 15) is 4.39 Å². The lowest BCUT2D eigenvalue weighted by atomic mass is 9.89. The van der Waals surface area contributed by atoms with Crippen molar-refractivity contribution < 1.29 is 9.13 Å². The number of fused-ring (bicyclic) bond motifs is 1. The molecule has 1 unspecified atom stereocenters. The van der Waals surface area contributed by atoms with Gasteiger partial charge in [0.2, 0.25) is 0 Å². The normalized spacial score (nSPS) is 57.6. The maximum Gasteiger partial charge on any atom is 0.139 e. The zero-order valence-corrected chi connectivity index (χ0v) is 11.9. The molecule has 2 fully saturated rings. The van der Waals surface area contributed by atoms with E-state index < -0.39 is 5.67 Å². The minimum absolute atomic E-state index is 0.00394. The van der Waals surface area contributed by atoms with Gasteiger partial charge in [-0.15, -0.1) is 9.24 Å². The van der Waals surface area contributed by atoms with E-state index in [4.69, 9.17) is 4.74 Å². The smallest absolute Gasteiger partial charge is 0.139 e. The Morgan fingerprint density at radius 2 is 2.36 bits per heavy atom. The lowest BCUT2D eigenvalue weighted by Crippen LogP contribution is -2.34. The molecule has 80 valence electrons. The molecule has 0 aromatic rings. The first-order chi connectivity index (χ1) is 6.41. The van der Waals surface area contributed by atoms with Crippen LogP contribution in [0.2, 0.25) is 0 Å². The van der Waals surface area contributed by atoms with E-state index in [0.29, 0.717) is 12.8 Å². The number of rotatable bonds is 1. The van der Waals surface area contributed by atoms with E-state index in [2.05, 4.69) is 39.7 Å². The van der Waals surface area contributed by atoms with E-state index in [0.717, 1.165) is 6.42 Å². The van der Waals surface area contributed by atoms with Gasteiger partial charge in [0.05, 0.1) is 10.0 Å². The molecule has 1 heterocycles. The summed E-state index contributed by atoms with van der Waals surface area (Å²) in [6.07, 6.45) is 2.32. The third kappa shape index (κ3) is 1.56. The third-order valence-electron chi connectivity index (χ3n) is 3.58. The van der Waals surface area contributed by atoms with Gasteiger partial charge in [-0.05, 0) is 19.3 Å². The van der Waals surface area contributed by atoms with E-state index in [-0.39, 0.29) is 21.2 Å². The molecular weight excluding hydrogens is 312 g/mol. The van der Waals surface area contributed by atoms with Gasteiger partial charge < -0.3 is 4.74 Å². The quantitative estimate of drug-likeness (QED) is 0.308. The summed E-state index contributed by atoms with van der Waals surface area (Å²) >= 11 is 2.23. The predicted octanol–water partition coefficient (Wildman–Crippen LogP) is 1.67. The molecule has 6 atom stereocenters. The second-order valence-corrected chi connectivity index (χ2v) is 7.26. The Morgan fingerprint density at radius 1 is 1.71 bits per heavy atom. The fourth-order valence-corrected chi connectivity index (χ4v) is 5.73. The average Bonchev–Trinajstić information content (AvgIpc) is 2.46. The first kappa shape index (κ1) is 11.6. The van der Waals surface area contributed by atoms with Gasteiger partial charge in [-0.1, -0.05) is 29.5 Å². The van der Waals surface area contributed by atoms with Crippen LogP contribution >= 0.6 is 31.8 Å². The standard InChI is InChI=1S/C9H16BFIOP/c1-2-8(11)4-9(14)3-5(10)13-7(9)6(8)12/h5-7H,2-4,10,14H2,1H3/t5-,6+,7-,8-,9-/m1/s1. The van der Waals surface area contributed by atoms with Crippen molar-refractivity contribution in [1.82, 2.24) is 0 Å². The first-order valence-corrected chi connectivity index (χ1v) is 7.01. The van der Waals surface area contributed by atoms with Gasteiger partial charge in [0.1, 0.15) is 13.5 Å². The summed E-state index contributed by atoms with van der Waals surface area (Å²) in [6.45, 7) is 1.93. The van der Waals surface area contributed by atoms with Crippen LogP contribution in [-0.4, -0.2) is 34.7 Å². The second-order valence-electron chi connectivity index (χ2n) is 4.77. The van der Waals surface area contributed by atoms with Crippen LogP contribution in [0.1, 0.15) is 26.2 Å². The molecule has 2 aliphatic rings. The minimum Gasteiger partial charge on any atom is -0.382 e. The van der Waals surface area contributed by atoms with Crippen LogP contribution in [0.5, 0.6) is 0 Å². The molecule has 5 heteroatoms. The Labute approximate surface area is 102 Å². The molecule has 1 aliphatic carbocycles. The lowest BCUT2D eigenvalue weighted by Gasteiger charge is -2.24. The molecule has 0 radical (unpaired) electrons. The second kappa shape index (κ2) is 3.56. The molecule has 0 bridgehead atoms. The van der Waals surface area contributed by atoms with E-state index in [1.54, 1.807) is 0 Å². The largest absolute Gasteiger partial charge is 0.382 e. The van der Waals surface area contributed by atoms with Crippen LogP contribution in [0.25, 0.3) is 0 Å². The van der Waals surface area contributed by atoms with Gasteiger partial charge in [-0.25, -0.2) is 4.39 Å². The zero-order valence-electron chi connectivity index (χ0n) is 8.59. The molecule has 0 spiro atoms. The number of hydrogen-bond acceptors (Lipinski definition) is 1. The summed E-state index contributed by atoms with van der Waals surface area (Å²) < 4.78 is 20.3. The van der Waals surface area contributed by atoms with Crippen LogP contribution in [0.3, 0.4) is 0 Å². The maximum atomic E-state index is 14.4. The van der Waals surface area contributed by atoms with Crippen molar-refractivity contribution in [3.63, 3.8) is 0 Å². The van der Waals surface area contributed by atoms with Gasteiger partial charge in [-0.3, -0.25) is 0 Å². The van der Waals surface area contributed by atoms with Crippen LogP contribution in [0.15, 0.2) is 0 Å². The zero-order chi connectivity index (χ0) is 10.6. The summed E-state index contributed by atoms with van der Waals surface area (Å²) in [4.78, 5) is 0. The highest BCUT2D eigenvalue weighted by molar-refractivity contribution is 14.1. The molecule has 2 rings (SSSR count). The van der Waals surface area contributed by atoms with Gasteiger partial charge >= 0.3 is 0 Å². The highest BCUT2D eigenvalue weighted by Gasteiger charge is 2.62. The van der Waals surface area contributed by atoms with E-state index in [1.807, 2.05) is 6.92 Å². The molecule has 0 amide bonds. The van der Waals surface area contributed by atoms with Crippen molar-refractivity contribution in [2.45, 2.75) is 53.0 Å². The third-order valence-corrected chi connectivity index (χ3v) is 6.12. The monoisotopic (exact) mass is 328 g/mol. The average molecular weight is 328 g/mol. The number of hydrogen-bond donors (Lipinski definition) is 0. The first-order valence-electron chi connectivity index (χ1n) is 5.18. The van der Waals surface area contributed by atoms with Crippen LogP contribution in [0, 0.1) is 0 Å². The van der Waals surface area contributed by atoms with Crippen LogP contribution in [-0.2, 0) is 4.74 Å². The molecule has 1 aliphatic heterocycles. The predicted molar refractivity (Wildman–Crippen MR) is 70.8 cm³/mol. The molecule has 0 aromatic carbocycles. The van der Waals surface area contributed by atoms with Gasteiger partial charge in [0.25, 0.3) is 0 Å². The fraction of sp³-hybridized carbons (Fsp3) is 1.00. The molecule has 0 N–H and O–H groups in total. The molecule has 1 nitrogen and oxygen atoms in total. The SMILES string of the molecule is B[C@H]1C[C@@]2(P)C[C@](F)(CC)[C@@H](I)[C@H]2O1. The summed E-state index contributed by atoms with van der Waals surface area (Å²) in [7, 11) is 4.94. The molecule has 0 aromatic heterocycles. The Balaban J connectivity index is 2.25. The molecular formula is C9H16BFIOP. The number of alkyl halides is 2. The van der Waals surface area contributed by atoms with Gasteiger partial charge in [0, 0.05) is 11.2 Å². The molecule has 1 saturated heterocycles. The van der Waals surface area contributed by atoms with Gasteiger partial charge in [0.15, 0.2) is 0 Å². The van der Waals surface area contributed by atoms with Crippen molar-refractivity contribution in [1.29, 1.82) is 0 Å². The summed E-state index contributed by atoms with van der Waals surface area (Å²) in [6, 6.07) is 0.288. The topological polar surface area (TPSA) is 9.23 Å². The van der Waals surface area contributed by atoms with Crippen molar-refractivity contribution >= 4 is 39.7 Å². The fourth-order valence-electron chi connectivity index (χ4n) is 2.85. The van der Waals surface area contributed by atoms with Crippen LogP contribution < -0.4 is 0 Å². The summed E-state index contributed by atoms with van der Waals surface area (Å²) in [5.41, 5.74) is -1.02. The Bertz CT molecular complexity index is 257. The van der Waals surface area contributed by atoms with E-state index in [1.165, 1.54) is 0 Å². The van der Waals surface area contributed by atoms with Crippen molar-refractivity contribution in [3.8, 4) is 0 Å². The molecule has 14 heavy (non-hydrogen) atoms. The van der Waals surface area contributed by atoms with Crippen molar-refractivity contribution in [3.05, 3.63) is 0 Å². The Kier molecular flexibility index (Phi) is 2.95. The van der Waals surface area contributed by atoms with Crippen LogP contribution in [0.4, 0.5) is 4.39 Å². The molecule has 1 saturated carbocycles. The lowest BCUT2D eigenvalue weighted by molar-refractivity contribution is 0.0682. The highest BCUT2D eigenvalue weighted by Crippen LogP contribution is 2.57. The number of halogens is 2. The Hall–Kier alpha value is 1.11. The van der Waals surface area contributed by atoms with Gasteiger partial charge in [-0.2, -0.15) is 0 Å². The number of ether oxygens (including phenoxy) is 1. The van der Waals surface area contributed by atoms with E-state index >= 15 is 0 Å². The summed E-state index contributed by atoms with van der Waals surface area (Å²) in [5.74, 6) is 0.